The van der Waals surface area contributed by atoms with Gasteiger partial charge in [-0.1, -0.05) is 6.07 Å². The zero-order valence-electron chi connectivity index (χ0n) is 10.1. The van der Waals surface area contributed by atoms with E-state index in [1.807, 2.05) is 18.2 Å². The Balaban J connectivity index is 0.000000281. The molecule has 0 saturated heterocycles. The van der Waals surface area contributed by atoms with Crippen LogP contribution in [-0.2, 0) is 0 Å². The predicted octanol–water partition coefficient (Wildman–Crippen LogP) is 0.286. The highest BCUT2D eigenvalue weighted by atomic mass is 16.2. The lowest BCUT2D eigenvalue weighted by atomic mass is 10.3. The molecule has 0 spiro atoms. The molecule has 0 aliphatic heterocycles. The summed E-state index contributed by atoms with van der Waals surface area (Å²) in [6.07, 6.45) is 6.52. The molecule has 0 radical (unpaired) electrons. The van der Waals surface area contributed by atoms with Gasteiger partial charge < -0.3 is 17.2 Å². The summed E-state index contributed by atoms with van der Waals surface area (Å²) in [7, 11) is 0. The molecule has 6 N–H and O–H groups in total. The predicted molar refractivity (Wildman–Crippen MR) is 70.8 cm³/mol. The van der Waals surface area contributed by atoms with Gasteiger partial charge in [0.05, 0.1) is 5.56 Å². The lowest BCUT2D eigenvalue weighted by molar-refractivity contribution is 0.1000. The van der Waals surface area contributed by atoms with Crippen molar-refractivity contribution in [3.63, 3.8) is 0 Å². The van der Waals surface area contributed by atoms with Crippen LogP contribution in [0.15, 0.2) is 55.1 Å². The number of primary amides is 3. The van der Waals surface area contributed by atoms with Crippen LogP contribution in [0.3, 0.4) is 0 Å². The van der Waals surface area contributed by atoms with Gasteiger partial charge in [-0.3, -0.25) is 14.8 Å². The minimum Gasteiger partial charge on any atom is -0.366 e. The van der Waals surface area contributed by atoms with Gasteiger partial charge in [0.25, 0.3) is 0 Å². The van der Waals surface area contributed by atoms with E-state index in [1.165, 1.54) is 6.20 Å². The second-order valence-electron chi connectivity index (χ2n) is 3.03. The topological polar surface area (TPSA) is 138 Å². The number of urea groups is 1. The highest BCUT2D eigenvalue weighted by molar-refractivity contribution is 5.92. The molecule has 3 amide bonds. The maximum absolute atomic E-state index is 10.4. The third kappa shape index (κ3) is 11.3. The van der Waals surface area contributed by atoms with Gasteiger partial charge in [0, 0.05) is 24.8 Å². The Hall–Kier alpha value is -2.96. The van der Waals surface area contributed by atoms with Gasteiger partial charge in [0.15, 0.2) is 0 Å². The lowest BCUT2D eigenvalue weighted by Crippen LogP contribution is -2.18. The minimum atomic E-state index is -0.833. The van der Waals surface area contributed by atoms with E-state index in [1.54, 1.807) is 30.7 Å². The van der Waals surface area contributed by atoms with Crippen molar-refractivity contribution in [2.45, 2.75) is 0 Å². The van der Waals surface area contributed by atoms with Gasteiger partial charge in [0.1, 0.15) is 0 Å². The van der Waals surface area contributed by atoms with Crippen LogP contribution in [0.25, 0.3) is 0 Å². The van der Waals surface area contributed by atoms with E-state index in [0.717, 1.165) is 0 Å². The van der Waals surface area contributed by atoms with Crippen LogP contribution in [0, 0.1) is 0 Å². The molecule has 0 unspecified atom stereocenters. The smallest absolute Gasteiger partial charge is 0.309 e. The number of nitrogens with two attached hydrogens (primary N) is 3. The van der Waals surface area contributed by atoms with Crippen LogP contribution in [0.4, 0.5) is 4.79 Å². The van der Waals surface area contributed by atoms with E-state index in [-0.39, 0.29) is 0 Å². The van der Waals surface area contributed by atoms with Gasteiger partial charge in [0.2, 0.25) is 5.91 Å². The molecule has 0 saturated carbocycles. The summed E-state index contributed by atoms with van der Waals surface area (Å²) in [5.41, 5.74) is 13.9. The fourth-order valence-corrected chi connectivity index (χ4v) is 0.821. The monoisotopic (exact) mass is 261 g/mol. The first-order valence-electron chi connectivity index (χ1n) is 5.13. The first-order chi connectivity index (χ1) is 9.04. The fraction of sp³-hybridized carbons (Fsp3) is 0. The molecule has 2 heterocycles. The van der Waals surface area contributed by atoms with Crippen molar-refractivity contribution >= 4 is 11.9 Å². The number of nitrogens with zero attached hydrogens (tertiary/aromatic N) is 2. The normalized spacial score (nSPS) is 8.00. The first kappa shape index (κ1) is 16.0. The number of pyridine rings is 2. The second-order valence-corrected chi connectivity index (χ2v) is 3.03. The molecular formula is C12H15N5O2. The maximum Gasteiger partial charge on any atom is 0.309 e. The Kier molecular flexibility index (Phi) is 8.62. The van der Waals surface area contributed by atoms with E-state index >= 15 is 0 Å². The van der Waals surface area contributed by atoms with E-state index in [9.17, 15) is 4.79 Å². The summed E-state index contributed by atoms with van der Waals surface area (Å²) in [5, 5.41) is 0. The summed E-state index contributed by atoms with van der Waals surface area (Å²) in [4.78, 5) is 26.9. The number of aromatic nitrogens is 2. The number of rotatable bonds is 1. The third-order valence-electron chi connectivity index (χ3n) is 1.51. The Morgan fingerprint density at radius 3 is 1.58 bits per heavy atom. The highest BCUT2D eigenvalue weighted by Crippen LogP contribution is 1.91. The Morgan fingerprint density at radius 1 is 0.842 bits per heavy atom. The number of hydrogen-bond donors (Lipinski definition) is 3. The molecule has 0 aliphatic rings. The fourth-order valence-electron chi connectivity index (χ4n) is 0.821. The molecule has 2 aromatic rings. The van der Waals surface area contributed by atoms with Gasteiger partial charge in [-0.05, 0) is 24.3 Å². The van der Waals surface area contributed by atoms with E-state index in [0.29, 0.717) is 5.56 Å². The Labute approximate surface area is 110 Å². The van der Waals surface area contributed by atoms with Crippen LogP contribution in [0.5, 0.6) is 0 Å². The summed E-state index contributed by atoms with van der Waals surface area (Å²) >= 11 is 0. The van der Waals surface area contributed by atoms with Crippen LogP contribution in [0.2, 0.25) is 0 Å². The van der Waals surface area contributed by atoms with E-state index < -0.39 is 11.9 Å². The summed E-state index contributed by atoms with van der Waals surface area (Å²) in [5.74, 6) is -0.442. The molecule has 2 rings (SSSR count). The zero-order valence-corrected chi connectivity index (χ0v) is 10.1. The lowest BCUT2D eigenvalue weighted by Gasteiger charge is -1.88. The first-order valence-corrected chi connectivity index (χ1v) is 5.13. The summed E-state index contributed by atoms with van der Waals surface area (Å²) in [6, 6.07) is 8.17. The van der Waals surface area contributed by atoms with Crippen LogP contribution < -0.4 is 17.2 Å². The van der Waals surface area contributed by atoms with Crippen molar-refractivity contribution in [3.8, 4) is 0 Å². The minimum absolute atomic E-state index is 0.442. The highest BCUT2D eigenvalue weighted by Gasteiger charge is 1.94. The Bertz CT molecular complexity index is 445. The average Bonchev–Trinajstić information content (AvgIpc) is 2.42. The molecule has 0 aliphatic carbocycles. The SMILES string of the molecule is NC(=O)c1cccnc1.NC(N)=O.c1ccncc1. The number of carbonyl (C=O) groups is 2. The standard InChI is InChI=1S/C6H6N2O.C5H5N.CH4N2O/c7-6(9)5-2-1-3-8-4-5;1-2-4-6-5-3-1;2-1(3)4/h1-4H,(H2,7,9);1-5H;(H4,2,3,4). The maximum atomic E-state index is 10.4. The van der Waals surface area contributed by atoms with Crippen molar-refractivity contribution in [3.05, 3.63) is 60.7 Å². The summed E-state index contributed by atoms with van der Waals surface area (Å²) < 4.78 is 0. The average molecular weight is 261 g/mol. The molecule has 7 nitrogen and oxygen atoms in total. The van der Waals surface area contributed by atoms with E-state index in [2.05, 4.69) is 21.4 Å². The zero-order chi connectivity index (χ0) is 14.5. The molecule has 100 valence electrons. The van der Waals surface area contributed by atoms with E-state index in [4.69, 9.17) is 10.5 Å². The molecule has 7 heteroatoms. The largest absolute Gasteiger partial charge is 0.366 e. The molecular weight excluding hydrogens is 246 g/mol. The number of hydrogen-bond acceptors (Lipinski definition) is 4. The third-order valence-corrected chi connectivity index (χ3v) is 1.51. The van der Waals surface area contributed by atoms with Gasteiger partial charge in [-0.25, -0.2) is 4.79 Å². The van der Waals surface area contributed by atoms with Crippen molar-refractivity contribution in [1.29, 1.82) is 0 Å². The van der Waals surface area contributed by atoms with Crippen molar-refractivity contribution < 1.29 is 9.59 Å². The Morgan fingerprint density at radius 2 is 1.37 bits per heavy atom. The number of amides is 3. The van der Waals surface area contributed by atoms with Crippen LogP contribution in [-0.4, -0.2) is 21.9 Å². The molecule has 0 aromatic carbocycles. The number of carbonyl (C=O) groups excluding carboxylic acids is 2. The van der Waals surface area contributed by atoms with Crippen molar-refractivity contribution in [2.24, 2.45) is 17.2 Å². The molecule has 0 atom stereocenters. The molecule has 2 aromatic heterocycles. The van der Waals surface area contributed by atoms with Gasteiger partial charge in [-0.2, -0.15) is 0 Å². The molecule has 0 bridgehead atoms. The van der Waals surface area contributed by atoms with Gasteiger partial charge >= 0.3 is 6.03 Å². The second kappa shape index (κ2) is 10.2. The molecule has 19 heavy (non-hydrogen) atoms. The quantitative estimate of drug-likeness (QED) is 0.678. The van der Waals surface area contributed by atoms with Crippen molar-refractivity contribution in [1.82, 2.24) is 9.97 Å². The van der Waals surface area contributed by atoms with Crippen molar-refractivity contribution in [2.75, 3.05) is 0 Å². The van der Waals surface area contributed by atoms with Gasteiger partial charge in [-0.15, -0.1) is 0 Å². The van der Waals surface area contributed by atoms with Crippen LogP contribution >= 0.6 is 0 Å². The molecule has 0 fully saturated rings. The van der Waals surface area contributed by atoms with Crippen LogP contribution in [0.1, 0.15) is 10.4 Å². The summed E-state index contributed by atoms with van der Waals surface area (Å²) in [6.45, 7) is 0.